The van der Waals surface area contributed by atoms with Crippen molar-refractivity contribution < 1.29 is 4.79 Å². The third-order valence-corrected chi connectivity index (χ3v) is 7.24. The zero-order valence-corrected chi connectivity index (χ0v) is 17.4. The highest BCUT2D eigenvalue weighted by atomic mass is 32.1. The van der Waals surface area contributed by atoms with E-state index in [4.69, 9.17) is 0 Å². The molecule has 2 atom stereocenters. The number of carbonyl (C=O) groups is 1. The van der Waals surface area contributed by atoms with Gasteiger partial charge in [0, 0.05) is 24.2 Å². The fourth-order valence-corrected chi connectivity index (χ4v) is 5.89. The first kappa shape index (κ1) is 18.5. The van der Waals surface area contributed by atoms with Gasteiger partial charge in [-0.05, 0) is 55.7 Å². The average Bonchev–Trinajstić information content (AvgIpc) is 3.12. The summed E-state index contributed by atoms with van der Waals surface area (Å²) in [4.78, 5) is 31.1. The zero-order valence-electron chi connectivity index (χ0n) is 16.6. The van der Waals surface area contributed by atoms with Crippen molar-refractivity contribution in [3.8, 4) is 0 Å². The van der Waals surface area contributed by atoms with Crippen LogP contribution in [0.2, 0.25) is 0 Å². The Morgan fingerprint density at radius 3 is 3.03 bits per heavy atom. The lowest BCUT2D eigenvalue weighted by atomic mass is 9.89. The number of hydrogen-bond acceptors (Lipinski definition) is 6. The molecular weight excluding hydrogens is 382 g/mol. The summed E-state index contributed by atoms with van der Waals surface area (Å²) in [7, 11) is 0. The smallest absolute Gasteiger partial charge is 0.230 e. The van der Waals surface area contributed by atoms with E-state index in [9.17, 15) is 4.79 Å². The number of carbonyl (C=O) groups excluding carboxylic acids is 1. The number of aryl methyl sites for hydroxylation is 1. The topological polar surface area (TPSA) is 71.0 Å². The van der Waals surface area contributed by atoms with Crippen LogP contribution in [0.1, 0.15) is 36.6 Å². The maximum absolute atomic E-state index is 12.8. The first-order chi connectivity index (χ1) is 14.2. The molecule has 7 heteroatoms. The molecule has 2 aliphatic rings. The second-order valence-electron chi connectivity index (χ2n) is 8.22. The number of amides is 1. The molecule has 1 saturated heterocycles. The fourth-order valence-electron chi connectivity index (χ4n) is 4.55. The standard InChI is InChI=1S/C22H25N5OS/c1-14-7-8-16-17(11-14)29-22-19(16)20(24-13-25-22)27-10-4-5-15(12-27)21(28)26-18-6-2-3-9-23-18/h2-3,6,9,13-15H,4-5,7-8,10-12H2,1H3,(H,23,26,28)/t14-,15+/m0/s1. The number of hydrogen-bond donors (Lipinski definition) is 1. The van der Waals surface area contributed by atoms with Crippen molar-refractivity contribution in [3.63, 3.8) is 0 Å². The Morgan fingerprint density at radius 2 is 2.17 bits per heavy atom. The lowest BCUT2D eigenvalue weighted by Crippen LogP contribution is -2.41. The highest BCUT2D eigenvalue weighted by Crippen LogP contribution is 2.41. The van der Waals surface area contributed by atoms with Gasteiger partial charge in [0.05, 0.1) is 11.3 Å². The highest BCUT2D eigenvalue weighted by molar-refractivity contribution is 7.19. The number of piperidine rings is 1. The molecule has 1 fully saturated rings. The van der Waals surface area contributed by atoms with Gasteiger partial charge in [0.15, 0.2) is 0 Å². The summed E-state index contributed by atoms with van der Waals surface area (Å²) in [6.45, 7) is 3.95. The minimum atomic E-state index is -0.0646. The Balaban J connectivity index is 1.41. The minimum Gasteiger partial charge on any atom is -0.355 e. The Morgan fingerprint density at radius 1 is 1.24 bits per heavy atom. The van der Waals surface area contributed by atoms with Gasteiger partial charge in [-0.25, -0.2) is 15.0 Å². The number of aromatic nitrogens is 3. The monoisotopic (exact) mass is 407 g/mol. The number of fused-ring (bicyclic) bond motifs is 3. The molecule has 1 N–H and O–H groups in total. The van der Waals surface area contributed by atoms with E-state index in [0.717, 1.165) is 48.8 Å². The lowest BCUT2D eigenvalue weighted by Gasteiger charge is -2.33. The molecule has 3 aromatic rings. The summed E-state index contributed by atoms with van der Waals surface area (Å²) in [6, 6.07) is 5.56. The van der Waals surface area contributed by atoms with Gasteiger partial charge in [-0.15, -0.1) is 11.3 Å². The predicted octanol–water partition coefficient (Wildman–Crippen LogP) is 4.07. The summed E-state index contributed by atoms with van der Waals surface area (Å²) in [5.41, 5.74) is 1.44. The minimum absolute atomic E-state index is 0.0415. The average molecular weight is 408 g/mol. The molecule has 0 spiro atoms. The molecule has 0 saturated carbocycles. The Kier molecular flexibility index (Phi) is 4.91. The SMILES string of the molecule is C[C@H]1CCc2c(sc3ncnc(N4CCC[C@@H](C(=O)Nc5ccccn5)C4)c23)C1. The molecule has 6 nitrogen and oxygen atoms in total. The van der Waals surface area contributed by atoms with Crippen LogP contribution in [0.25, 0.3) is 10.2 Å². The molecule has 0 unspecified atom stereocenters. The van der Waals surface area contributed by atoms with Crippen molar-refractivity contribution in [2.75, 3.05) is 23.3 Å². The largest absolute Gasteiger partial charge is 0.355 e. The highest BCUT2D eigenvalue weighted by Gasteiger charge is 2.30. The van der Waals surface area contributed by atoms with Gasteiger partial charge >= 0.3 is 0 Å². The molecule has 1 aliphatic heterocycles. The summed E-state index contributed by atoms with van der Waals surface area (Å²) < 4.78 is 0. The van der Waals surface area contributed by atoms with E-state index >= 15 is 0 Å². The quantitative estimate of drug-likeness (QED) is 0.709. The van der Waals surface area contributed by atoms with Crippen LogP contribution in [-0.4, -0.2) is 33.9 Å². The maximum atomic E-state index is 12.8. The normalized spacial score (nSPS) is 21.8. The molecule has 0 aromatic carbocycles. The summed E-state index contributed by atoms with van der Waals surface area (Å²) in [5.74, 6) is 2.34. The van der Waals surface area contributed by atoms with Crippen molar-refractivity contribution in [1.29, 1.82) is 0 Å². The Hall–Kier alpha value is -2.54. The van der Waals surface area contributed by atoms with Gasteiger partial charge in [0.1, 0.15) is 22.8 Å². The van der Waals surface area contributed by atoms with Crippen LogP contribution in [-0.2, 0) is 17.6 Å². The van der Waals surface area contributed by atoms with Crippen molar-refractivity contribution >= 4 is 39.1 Å². The van der Waals surface area contributed by atoms with Gasteiger partial charge in [0.2, 0.25) is 5.91 Å². The summed E-state index contributed by atoms with van der Waals surface area (Å²) in [5, 5.41) is 4.19. The van der Waals surface area contributed by atoms with Crippen LogP contribution in [0.5, 0.6) is 0 Å². The van der Waals surface area contributed by atoms with Gasteiger partial charge in [-0.3, -0.25) is 4.79 Å². The molecule has 1 amide bonds. The van der Waals surface area contributed by atoms with Gasteiger partial charge in [-0.1, -0.05) is 13.0 Å². The zero-order chi connectivity index (χ0) is 19.8. The molecule has 0 radical (unpaired) electrons. The van der Waals surface area contributed by atoms with E-state index in [0.29, 0.717) is 12.4 Å². The van der Waals surface area contributed by atoms with Gasteiger partial charge in [0.25, 0.3) is 0 Å². The number of thiophene rings is 1. The van der Waals surface area contributed by atoms with E-state index in [1.165, 1.54) is 22.2 Å². The van der Waals surface area contributed by atoms with E-state index in [1.54, 1.807) is 12.5 Å². The van der Waals surface area contributed by atoms with Crippen LogP contribution in [0.4, 0.5) is 11.6 Å². The van der Waals surface area contributed by atoms with Gasteiger partial charge in [-0.2, -0.15) is 0 Å². The van der Waals surface area contributed by atoms with Crippen molar-refractivity contribution in [1.82, 2.24) is 15.0 Å². The van der Waals surface area contributed by atoms with E-state index < -0.39 is 0 Å². The predicted molar refractivity (Wildman–Crippen MR) is 116 cm³/mol. The number of nitrogens with one attached hydrogen (secondary N) is 1. The van der Waals surface area contributed by atoms with E-state index in [-0.39, 0.29) is 11.8 Å². The molecule has 3 aromatic heterocycles. The molecule has 5 rings (SSSR count). The number of pyridine rings is 1. The number of rotatable bonds is 3. The van der Waals surface area contributed by atoms with Crippen LogP contribution in [0, 0.1) is 11.8 Å². The van der Waals surface area contributed by atoms with Crippen molar-refractivity contribution in [2.45, 2.75) is 39.0 Å². The molecule has 150 valence electrons. The van der Waals surface area contributed by atoms with E-state index in [2.05, 4.69) is 32.1 Å². The van der Waals surface area contributed by atoms with Crippen molar-refractivity contribution in [2.24, 2.45) is 11.8 Å². The first-order valence-electron chi connectivity index (χ1n) is 10.4. The third kappa shape index (κ3) is 3.59. The third-order valence-electron chi connectivity index (χ3n) is 6.08. The van der Waals surface area contributed by atoms with Crippen LogP contribution in [0.3, 0.4) is 0 Å². The van der Waals surface area contributed by atoms with Crippen molar-refractivity contribution in [3.05, 3.63) is 41.2 Å². The second-order valence-corrected chi connectivity index (χ2v) is 9.30. The number of anilines is 2. The lowest BCUT2D eigenvalue weighted by molar-refractivity contribution is -0.120. The fraction of sp³-hybridized carbons (Fsp3) is 0.455. The molecule has 1 aliphatic carbocycles. The molecular formula is C22H25N5OS. The van der Waals surface area contributed by atoms with Crippen LogP contribution in [0.15, 0.2) is 30.7 Å². The Bertz CT molecular complexity index is 1030. The van der Waals surface area contributed by atoms with E-state index in [1.807, 2.05) is 29.5 Å². The first-order valence-corrected chi connectivity index (χ1v) is 11.2. The Labute approximate surface area is 174 Å². The summed E-state index contributed by atoms with van der Waals surface area (Å²) >= 11 is 1.83. The molecule has 0 bridgehead atoms. The van der Waals surface area contributed by atoms with Crippen LogP contribution < -0.4 is 10.2 Å². The molecule has 4 heterocycles. The van der Waals surface area contributed by atoms with Gasteiger partial charge < -0.3 is 10.2 Å². The molecule has 29 heavy (non-hydrogen) atoms. The van der Waals surface area contributed by atoms with Crippen LogP contribution >= 0.6 is 11.3 Å². The maximum Gasteiger partial charge on any atom is 0.230 e. The second kappa shape index (κ2) is 7.71. The number of nitrogens with zero attached hydrogens (tertiary/aromatic N) is 4. The summed E-state index contributed by atoms with van der Waals surface area (Å²) in [6.07, 6.45) is 8.72.